The van der Waals surface area contributed by atoms with Gasteiger partial charge in [0.2, 0.25) is 0 Å². The highest BCUT2D eigenvalue weighted by molar-refractivity contribution is 7.98. The van der Waals surface area contributed by atoms with Gasteiger partial charge in [0.05, 0.1) is 5.69 Å². The average molecular weight is 331 g/mol. The van der Waals surface area contributed by atoms with Crippen molar-refractivity contribution in [1.29, 1.82) is 0 Å². The van der Waals surface area contributed by atoms with E-state index in [9.17, 15) is 4.39 Å². The minimum Gasteiger partial charge on any atom is -0.207 e. The Kier molecular flexibility index (Phi) is 4.71. The smallest absolute Gasteiger partial charge is 0.123 e. The summed E-state index contributed by atoms with van der Waals surface area (Å²) in [6, 6.07) is 17.8. The molecule has 3 rings (SSSR count). The largest absolute Gasteiger partial charge is 0.207 e. The van der Waals surface area contributed by atoms with Gasteiger partial charge in [0.25, 0.3) is 0 Å². The Hall–Kier alpha value is -1.91. The number of hydrogen-bond donors (Lipinski definition) is 0. The molecular formula is C17H12ClFN2S. The molecule has 0 saturated heterocycles. The maximum absolute atomic E-state index is 12.9. The Morgan fingerprint density at radius 3 is 2.45 bits per heavy atom. The Morgan fingerprint density at radius 1 is 0.955 bits per heavy atom. The molecule has 3 aromatic rings. The molecule has 0 spiro atoms. The lowest BCUT2D eigenvalue weighted by atomic mass is 10.1. The minimum absolute atomic E-state index is 0.259. The van der Waals surface area contributed by atoms with E-state index in [1.165, 1.54) is 12.1 Å². The molecule has 0 radical (unpaired) electrons. The van der Waals surface area contributed by atoms with E-state index in [4.69, 9.17) is 11.6 Å². The molecule has 0 N–H and O–H groups in total. The van der Waals surface area contributed by atoms with Crippen LogP contribution < -0.4 is 0 Å². The molecule has 0 saturated carbocycles. The van der Waals surface area contributed by atoms with Gasteiger partial charge in [0.1, 0.15) is 10.8 Å². The van der Waals surface area contributed by atoms with Gasteiger partial charge in [-0.2, -0.15) is 0 Å². The molecule has 0 aliphatic heterocycles. The molecule has 2 aromatic carbocycles. The second-order valence-corrected chi connectivity index (χ2v) is 6.11. The van der Waals surface area contributed by atoms with Crippen molar-refractivity contribution in [2.45, 2.75) is 10.8 Å². The van der Waals surface area contributed by atoms with Crippen LogP contribution in [0.5, 0.6) is 0 Å². The normalized spacial score (nSPS) is 10.6. The molecule has 0 unspecified atom stereocenters. The zero-order valence-electron chi connectivity index (χ0n) is 11.5. The number of hydrogen-bond acceptors (Lipinski definition) is 3. The Bertz CT molecular complexity index is 760. The van der Waals surface area contributed by atoms with Crippen LogP contribution in [0.4, 0.5) is 4.39 Å². The van der Waals surface area contributed by atoms with E-state index in [1.807, 2.05) is 36.4 Å². The zero-order valence-corrected chi connectivity index (χ0v) is 13.1. The van der Waals surface area contributed by atoms with Crippen LogP contribution in [0.1, 0.15) is 5.56 Å². The lowest BCUT2D eigenvalue weighted by molar-refractivity contribution is 0.628. The van der Waals surface area contributed by atoms with Gasteiger partial charge >= 0.3 is 0 Å². The number of rotatable bonds is 4. The van der Waals surface area contributed by atoms with Crippen molar-refractivity contribution in [1.82, 2.24) is 10.2 Å². The predicted octanol–water partition coefficient (Wildman–Crippen LogP) is 5.23. The van der Waals surface area contributed by atoms with E-state index in [-0.39, 0.29) is 5.82 Å². The SMILES string of the molecule is Fc1ccc(-c2ccc(SCc3cccc(Cl)c3)nn2)cc1. The highest BCUT2D eigenvalue weighted by atomic mass is 35.5. The van der Waals surface area contributed by atoms with E-state index in [1.54, 1.807) is 23.9 Å². The first-order valence-electron chi connectivity index (χ1n) is 6.67. The summed E-state index contributed by atoms with van der Waals surface area (Å²) >= 11 is 7.56. The number of halogens is 2. The molecule has 0 fully saturated rings. The third-order valence-electron chi connectivity index (χ3n) is 3.06. The van der Waals surface area contributed by atoms with Crippen molar-refractivity contribution in [3.8, 4) is 11.3 Å². The van der Waals surface area contributed by atoms with Gasteiger partial charge in [-0.15, -0.1) is 10.2 Å². The number of aromatic nitrogens is 2. The highest BCUT2D eigenvalue weighted by Gasteiger charge is 2.03. The molecule has 0 aliphatic rings. The minimum atomic E-state index is -0.259. The predicted molar refractivity (Wildman–Crippen MR) is 88.4 cm³/mol. The zero-order chi connectivity index (χ0) is 15.4. The fraction of sp³-hybridized carbons (Fsp3) is 0.0588. The molecular weight excluding hydrogens is 319 g/mol. The second-order valence-electron chi connectivity index (χ2n) is 4.68. The van der Waals surface area contributed by atoms with Crippen molar-refractivity contribution < 1.29 is 4.39 Å². The van der Waals surface area contributed by atoms with E-state index in [2.05, 4.69) is 10.2 Å². The quantitative estimate of drug-likeness (QED) is 0.613. The van der Waals surface area contributed by atoms with E-state index in [0.717, 1.165) is 32.6 Å². The van der Waals surface area contributed by atoms with E-state index < -0.39 is 0 Å². The van der Waals surface area contributed by atoms with Gasteiger partial charge in [-0.05, 0) is 54.1 Å². The maximum atomic E-state index is 12.9. The average Bonchev–Trinajstić information content (AvgIpc) is 2.54. The van der Waals surface area contributed by atoms with Crippen molar-refractivity contribution in [3.05, 3.63) is 77.1 Å². The van der Waals surface area contributed by atoms with Crippen LogP contribution in [0.3, 0.4) is 0 Å². The van der Waals surface area contributed by atoms with Gasteiger partial charge in [-0.3, -0.25) is 0 Å². The molecule has 22 heavy (non-hydrogen) atoms. The number of thioether (sulfide) groups is 1. The van der Waals surface area contributed by atoms with Gasteiger partial charge in [0, 0.05) is 16.3 Å². The summed E-state index contributed by atoms with van der Waals surface area (Å²) in [6.07, 6.45) is 0. The first kappa shape index (κ1) is 15.0. The van der Waals surface area contributed by atoms with Crippen molar-refractivity contribution in [3.63, 3.8) is 0 Å². The lowest BCUT2D eigenvalue weighted by Gasteiger charge is -2.03. The lowest BCUT2D eigenvalue weighted by Crippen LogP contribution is -1.90. The van der Waals surface area contributed by atoms with Gasteiger partial charge in [-0.25, -0.2) is 4.39 Å². The molecule has 0 aliphatic carbocycles. The van der Waals surface area contributed by atoms with E-state index in [0.29, 0.717) is 0 Å². The topological polar surface area (TPSA) is 25.8 Å². The van der Waals surface area contributed by atoms with Crippen LogP contribution in [-0.2, 0) is 5.75 Å². The molecule has 1 heterocycles. The van der Waals surface area contributed by atoms with Crippen LogP contribution >= 0.6 is 23.4 Å². The second kappa shape index (κ2) is 6.90. The number of benzene rings is 2. The molecule has 0 atom stereocenters. The summed E-state index contributed by atoms with van der Waals surface area (Å²) in [6.45, 7) is 0. The maximum Gasteiger partial charge on any atom is 0.123 e. The third kappa shape index (κ3) is 3.84. The first-order valence-corrected chi connectivity index (χ1v) is 8.04. The Morgan fingerprint density at radius 2 is 1.77 bits per heavy atom. The summed E-state index contributed by atoms with van der Waals surface area (Å²) in [4.78, 5) is 0. The van der Waals surface area contributed by atoms with Gasteiger partial charge in [0.15, 0.2) is 0 Å². The molecule has 2 nitrogen and oxygen atoms in total. The van der Waals surface area contributed by atoms with Crippen LogP contribution in [-0.4, -0.2) is 10.2 Å². The van der Waals surface area contributed by atoms with Crippen LogP contribution in [0.25, 0.3) is 11.3 Å². The van der Waals surface area contributed by atoms with Crippen molar-refractivity contribution in [2.75, 3.05) is 0 Å². The van der Waals surface area contributed by atoms with Crippen LogP contribution in [0, 0.1) is 5.82 Å². The monoisotopic (exact) mass is 330 g/mol. The third-order valence-corrected chi connectivity index (χ3v) is 4.28. The molecule has 1 aromatic heterocycles. The fourth-order valence-corrected chi connectivity index (χ4v) is 2.93. The van der Waals surface area contributed by atoms with Gasteiger partial charge < -0.3 is 0 Å². The summed E-state index contributed by atoms with van der Waals surface area (Å²) in [7, 11) is 0. The summed E-state index contributed by atoms with van der Waals surface area (Å²) in [5.74, 6) is 0.524. The Labute approximate surface area is 137 Å². The van der Waals surface area contributed by atoms with Crippen LogP contribution in [0.2, 0.25) is 5.02 Å². The molecule has 5 heteroatoms. The first-order chi connectivity index (χ1) is 10.7. The summed E-state index contributed by atoms with van der Waals surface area (Å²) < 4.78 is 12.9. The molecule has 0 bridgehead atoms. The summed E-state index contributed by atoms with van der Waals surface area (Å²) in [5.41, 5.74) is 2.72. The van der Waals surface area contributed by atoms with E-state index >= 15 is 0 Å². The molecule has 0 amide bonds. The van der Waals surface area contributed by atoms with Crippen molar-refractivity contribution in [2.24, 2.45) is 0 Å². The van der Waals surface area contributed by atoms with Gasteiger partial charge in [-0.1, -0.05) is 35.5 Å². The fourth-order valence-electron chi connectivity index (χ4n) is 1.96. The summed E-state index contributed by atoms with van der Waals surface area (Å²) in [5, 5.41) is 9.96. The standard InChI is InChI=1S/C17H12ClFN2S/c18-14-3-1-2-12(10-14)11-22-17-9-8-16(20-21-17)13-4-6-15(19)7-5-13/h1-10H,11H2. The van der Waals surface area contributed by atoms with Crippen molar-refractivity contribution >= 4 is 23.4 Å². The van der Waals surface area contributed by atoms with Crippen LogP contribution in [0.15, 0.2) is 65.7 Å². The Balaban J connectivity index is 1.68. The highest BCUT2D eigenvalue weighted by Crippen LogP contribution is 2.24. The molecule has 110 valence electrons. The number of nitrogens with zero attached hydrogens (tertiary/aromatic N) is 2.